The fourth-order valence-corrected chi connectivity index (χ4v) is 4.50. The molecule has 0 bridgehead atoms. The molecule has 6 nitrogen and oxygen atoms in total. The third kappa shape index (κ3) is 5.00. The average molecular weight is 413 g/mol. The van der Waals surface area contributed by atoms with E-state index in [2.05, 4.69) is 15.4 Å². The summed E-state index contributed by atoms with van der Waals surface area (Å²) in [7, 11) is -3.23. The van der Waals surface area contributed by atoms with Gasteiger partial charge >= 0.3 is 7.59 Å². The van der Waals surface area contributed by atoms with Gasteiger partial charge in [-0.05, 0) is 23.8 Å². The van der Waals surface area contributed by atoms with Crippen LogP contribution in [0.25, 0.3) is 0 Å². The molecule has 1 aliphatic rings. The molecule has 0 radical (unpaired) electrons. The summed E-state index contributed by atoms with van der Waals surface area (Å²) >= 11 is 12.0. The molecule has 1 saturated heterocycles. The van der Waals surface area contributed by atoms with Gasteiger partial charge in [-0.1, -0.05) is 53.5 Å². The predicted octanol–water partition coefficient (Wildman–Crippen LogP) is 4.47. The van der Waals surface area contributed by atoms with Gasteiger partial charge in [0.1, 0.15) is 0 Å². The number of nitrogens with one attached hydrogen (secondary N) is 2. The number of hydrogen-bond donors (Lipinski definition) is 2. The molecule has 0 amide bonds. The average Bonchev–Trinajstić information content (AvgIpc) is 2.66. The van der Waals surface area contributed by atoms with E-state index in [-0.39, 0.29) is 0 Å². The van der Waals surface area contributed by atoms with Crippen molar-refractivity contribution in [3.63, 3.8) is 0 Å². The van der Waals surface area contributed by atoms with Crippen LogP contribution in [0.3, 0.4) is 0 Å². The lowest BCUT2D eigenvalue weighted by atomic mass is 10.2. The van der Waals surface area contributed by atoms with Crippen LogP contribution in [0.4, 0.5) is 5.69 Å². The molecule has 1 heterocycles. The molecule has 2 N–H and O–H groups in total. The molecule has 0 aliphatic carbocycles. The summed E-state index contributed by atoms with van der Waals surface area (Å²) in [6.45, 7) is 2.08. The molecule has 9 heteroatoms. The van der Waals surface area contributed by atoms with Crippen molar-refractivity contribution in [1.82, 2.24) is 9.87 Å². The number of morpholine rings is 1. The minimum Gasteiger partial charge on any atom is -0.379 e. The molecule has 0 aromatic heterocycles. The largest absolute Gasteiger partial charge is 0.379 e. The highest BCUT2D eigenvalue weighted by Gasteiger charge is 2.32. The Morgan fingerprint density at radius 3 is 2.50 bits per heavy atom. The van der Waals surface area contributed by atoms with Crippen molar-refractivity contribution in [3.05, 3.63) is 64.1 Å². The first kappa shape index (κ1) is 19.2. The molecule has 2 aromatic carbocycles. The molecule has 3 rings (SSSR count). The van der Waals surface area contributed by atoms with Crippen LogP contribution in [0, 0.1) is 0 Å². The molecular weight excluding hydrogens is 394 g/mol. The van der Waals surface area contributed by atoms with Gasteiger partial charge in [0.2, 0.25) is 0 Å². The fraction of sp³-hybridized carbons (Fsp3) is 0.235. The van der Waals surface area contributed by atoms with Crippen molar-refractivity contribution >= 4 is 42.7 Å². The lowest BCUT2D eigenvalue weighted by Gasteiger charge is -2.34. The minimum absolute atomic E-state index is 0.387. The first-order valence-electron chi connectivity index (χ1n) is 8.09. The zero-order valence-electron chi connectivity index (χ0n) is 13.9. The van der Waals surface area contributed by atoms with E-state index in [0.29, 0.717) is 42.0 Å². The van der Waals surface area contributed by atoms with E-state index < -0.39 is 7.59 Å². The van der Waals surface area contributed by atoms with Crippen LogP contribution in [0.2, 0.25) is 10.0 Å². The van der Waals surface area contributed by atoms with Gasteiger partial charge in [0, 0.05) is 18.8 Å². The topological polar surface area (TPSA) is 66.0 Å². The maximum Gasteiger partial charge on any atom is 0.346 e. The standard InChI is InChI=1S/C17H19Cl2N4O2P/c18-16-7-6-15(12-17(16)19)21-26(24,23-8-10-25-11-9-23)22-20-13-14-4-2-1-3-5-14/h1-7,12-13H,8-11H2,(H2,21,22,24)/b20-13+. The van der Waals surface area contributed by atoms with Crippen molar-refractivity contribution in [2.75, 3.05) is 31.4 Å². The van der Waals surface area contributed by atoms with Crippen molar-refractivity contribution in [2.45, 2.75) is 0 Å². The van der Waals surface area contributed by atoms with Crippen molar-refractivity contribution < 1.29 is 9.30 Å². The maximum atomic E-state index is 13.6. The van der Waals surface area contributed by atoms with Gasteiger partial charge in [-0.2, -0.15) is 5.10 Å². The van der Waals surface area contributed by atoms with Gasteiger partial charge in [-0.25, -0.2) is 9.87 Å². The van der Waals surface area contributed by atoms with Crippen LogP contribution in [0.1, 0.15) is 5.56 Å². The molecule has 1 aliphatic heterocycles. The first-order chi connectivity index (χ1) is 12.6. The number of hydrogen-bond acceptors (Lipinski definition) is 3. The predicted molar refractivity (Wildman–Crippen MR) is 107 cm³/mol. The Hall–Kier alpha value is -1.56. The van der Waals surface area contributed by atoms with E-state index in [1.54, 1.807) is 29.1 Å². The Morgan fingerprint density at radius 2 is 1.81 bits per heavy atom. The Bertz CT molecular complexity index is 814. The summed E-state index contributed by atoms with van der Waals surface area (Å²) in [6.07, 6.45) is 1.63. The van der Waals surface area contributed by atoms with Gasteiger partial charge in [-0.15, -0.1) is 0 Å². The summed E-state index contributed by atoms with van der Waals surface area (Å²) < 4.78 is 20.7. The second-order valence-corrected chi connectivity index (χ2v) is 8.61. The van der Waals surface area contributed by atoms with Gasteiger partial charge in [0.15, 0.2) is 0 Å². The van der Waals surface area contributed by atoms with Crippen LogP contribution in [-0.2, 0) is 9.30 Å². The Kier molecular flexibility index (Phi) is 6.57. The van der Waals surface area contributed by atoms with Crippen molar-refractivity contribution in [2.24, 2.45) is 5.10 Å². The van der Waals surface area contributed by atoms with Gasteiger partial charge in [0.25, 0.3) is 0 Å². The summed E-state index contributed by atoms with van der Waals surface area (Å²) in [5.41, 5.74) is 1.50. The molecule has 0 spiro atoms. The maximum absolute atomic E-state index is 13.6. The van der Waals surface area contributed by atoms with Crippen molar-refractivity contribution in [3.8, 4) is 0 Å². The number of rotatable bonds is 6. The van der Waals surface area contributed by atoms with E-state index in [1.165, 1.54) is 0 Å². The molecule has 26 heavy (non-hydrogen) atoms. The minimum atomic E-state index is -3.23. The zero-order valence-corrected chi connectivity index (χ0v) is 16.3. The summed E-state index contributed by atoms with van der Waals surface area (Å²) in [4.78, 5) is 0. The number of nitrogens with zero attached hydrogens (tertiary/aromatic N) is 2. The molecule has 1 fully saturated rings. The highest BCUT2D eigenvalue weighted by atomic mass is 35.5. The van der Waals surface area contributed by atoms with Gasteiger partial charge in [-0.3, -0.25) is 4.57 Å². The molecule has 1 unspecified atom stereocenters. The van der Waals surface area contributed by atoms with Gasteiger partial charge in [0.05, 0.1) is 29.5 Å². The monoisotopic (exact) mass is 412 g/mol. The highest BCUT2D eigenvalue weighted by Crippen LogP contribution is 2.46. The summed E-state index contributed by atoms with van der Waals surface area (Å²) in [5.74, 6) is 0. The number of halogens is 2. The number of anilines is 1. The number of ether oxygens (including phenoxy) is 1. The second-order valence-electron chi connectivity index (χ2n) is 5.65. The third-order valence-corrected chi connectivity index (χ3v) is 6.68. The van der Waals surface area contributed by atoms with E-state index in [0.717, 1.165) is 5.56 Å². The van der Waals surface area contributed by atoms with Crippen molar-refractivity contribution in [1.29, 1.82) is 0 Å². The van der Waals surface area contributed by atoms with Crippen LogP contribution >= 0.6 is 30.8 Å². The van der Waals surface area contributed by atoms with Crippen LogP contribution in [0.15, 0.2) is 53.6 Å². The normalized spacial score (nSPS) is 17.8. The lowest BCUT2D eigenvalue weighted by Crippen LogP contribution is -2.38. The Morgan fingerprint density at radius 1 is 1.08 bits per heavy atom. The lowest BCUT2D eigenvalue weighted by molar-refractivity contribution is 0.0717. The molecule has 1 atom stereocenters. The first-order valence-corrected chi connectivity index (χ1v) is 10.5. The van der Waals surface area contributed by atoms with Gasteiger partial charge < -0.3 is 9.82 Å². The number of benzene rings is 2. The summed E-state index contributed by atoms with van der Waals surface area (Å²) in [5, 5.41) is 10.9. The summed E-state index contributed by atoms with van der Waals surface area (Å²) in [6, 6.07) is 14.6. The molecule has 0 saturated carbocycles. The number of hydrazone groups is 1. The Balaban J connectivity index is 1.80. The van der Waals surface area contributed by atoms with E-state index in [9.17, 15) is 4.57 Å². The van der Waals surface area contributed by atoms with E-state index in [4.69, 9.17) is 27.9 Å². The van der Waals surface area contributed by atoms with Crippen LogP contribution in [-0.4, -0.2) is 37.2 Å². The SMILES string of the molecule is O=P(N/N=C/c1ccccc1)(Nc1ccc(Cl)c(Cl)c1)N1CCOCC1. The van der Waals surface area contributed by atoms with Crippen LogP contribution < -0.4 is 10.3 Å². The molecule has 138 valence electrons. The smallest absolute Gasteiger partial charge is 0.346 e. The van der Waals surface area contributed by atoms with Crippen LogP contribution in [0.5, 0.6) is 0 Å². The quantitative estimate of drug-likeness (QED) is 0.416. The van der Waals surface area contributed by atoms with E-state index >= 15 is 0 Å². The second kappa shape index (κ2) is 8.89. The molecular formula is C17H19Cl2N4O2P. The Labute approximate surface area is 162 Å². The fourth-order valence-electron chi connectivity index (χ4n) is 2.46. The third-order valence-electron chi connectivity index (χ3n) is 3.79. The molecule has 2 aromatic rings. The highest BCUT2D eigenvalue weighted by molar-refractivity contribution is 7.61. The zero-order chi connectivity index (χ0) is 18.4. The van der Waals surface area contributed by atoms with E-state index in [1.807, 2.05) is 30.3 Å².